The molecule has 2 atom stereocenters. The second-order valence-corrected chi connectivity index (χ2v) is 7.84. The highest BCUT2D eigenvalue weighted by Crippen LogP contribution is 2.20. The fraction of sp³-hybridized carbons (Fsp3) is 0.529. The number of nitrogens with zero attached hydrogens (tertiary/aromatic N) is 1. The molecule has 30 heavy (non-hydrogen) atoms. The van der Waals surface area contributed by atoms with Gasteiger partial charge in [-0.15, -0.1) is 0 Å². The van der Waals surface area contributed by atoms with Crippen molar-refractivity contribution in [2.24, 2.45) is 22.2 Å². The number of hydrogen-bond acceptors (Lipinski definition) is 5. The van der Waals surface area contributed by atoms with E-state index in [-0.39, 0.29) is 17.9 Å². The highest BCUT2D eigenvalue weighted by molar-refractivity contribution is 7.86. The van der Waals surface area contributed by atoms with E-state index < -0.39 is 21.7 Å². The zero-order valence-electron chi connectivity index (χ0n) is 16.5. The van der Waals surface area contributed by atoms with Gasteiger partial charge in [-0.2, -0.15) is 21.6 Å². The summed E-state index contributed by atoms with van der Waals surface area (Å²) in [7, 11) is -5.84. The second kappa shape index (κ2) is 13.0. The van der Waals surface area contributed by atoms with Gasteiger partial charge in [-0.05, 0) is 38.2 Å². The number of carbonyl (C=O) groups is 1. The van der Waals surface area contributed by atoms with Crippen LogP contribution in [-0.4, -0.2) is 49.0 Å². The van der Waals surface area contributed by atoms with Crippen molar-refractivity contribution >= 4 is 22.0 Å². The van der Waals surface area contributed by atoms with E-state index in [0.717, 1.165) is 19.3 Å². The highest BCUT2D eigenvalue weighted by Gasteiger charge is 2.44. The predicted octanol–water partition coefficient (Wildman–Crippen LogP) is 0.899. The van der Waals surface area contributed by atoms with Crippen molar-refractivity contribution in [2.75, 3.05) is 6.54 Å². The van der Waals surface area contributed by atoms with Crippen LogP contribution in [0.1, 0.15) is 31.7 Å². The van der Waals surface area contributed by atoms with Crippen molar-refractivity contribution in [2.45, 2.75) is 50.2 Å². The summed E-state index contributed by atoms with van der Waals surface area (Å²) >= 11 is 0. The molecule has 8 N–H and O–H groups in total. The summed E-state index contributed by atoms with van der Waals surface area (Å²) in [6, 6.07) is 9.63. The van der Waals surface area contributed by atoms with Crippen LogP contribution in [0.3, 0.4) is 0 Å². The van der Waals surface area contributed by atoms with Gasteiger partial charge in [0.1, 0.15) is 0 Å². The quantitative estimate of drug-likeness (QED) is 0.121. The molecule has 1 aromatic carbocycles. The van der Waals surface area contributed by atoms with E-state index in [1.165, 1.54) is 5.56 Å². The van der Waals surface area contributed by atoms with E-state index in [0.29, 0.717) is 13.0 Å². The molecule has 0 saturated heterocycles. The minimum Gasteiger partial charge on any atom is -0.370 e. The number of amides is 1. The Labute approximate surface area is 173 Å². The molecule has 172 valence electrons. The molecule has 0 aliphatic carbocycles. The molecule has 1 rings (SSSR count). The molecule has 1 aromatic rings. The maximum Gasteiger partial charge on any atom is 0.522 e. The van der Waals surface area contributed by atoms with Gasteiger partial charge in [0, 0.05) is 12.6 Å². The third-order valence-corrected chi connectivity index (χ3v) is 4.21. The summed E-state index contributed by atoms with van der Waals surface area (Å²) in [5.41, 5.74) is 12.0. The summed E-state index contributed by atoms with van der Waals surface area (Å²) in [6.07, 6.45) is 3.06. The van der Waals surface area contributed by atoms with Gasteiger partial charge in [-0.3, -0.25) is 14.3 Å². The summed E-state index contributed by atoms with van der Waals surface area (Å²) in [5.74, 6) is -0.0120. The van der Waals surface area contributed by atoms with E-state index in [1.54, 1.807) is 0 Å². The number of halogens is 3. The van der Waals surface area contributed by atoms with Crippen LogP contribution in [0.15, 0.2) is 35.3 Å². The molecule has 0 aliphatic rings. The standard InChI is InChI=1S/C16H27N5O.CHF3O3S/c1-12(11-13-7-3-2-4-8-13)21-15(22)14(17)9-5-6-10-20-16(18)19;2-1(3,4)8(5,6)7/h2-4,7-8,12,14H,5-6,9-11,17H2,1H3,(H,21,22)(H4,18,19,20);(H,5,6,7)/t12-,14?;/m0./s1. The minimum absolute atomic E-state index is 0.0580. The van der Waals surface area contributed by atoms with Crippen LogP contribution < -0.4 is 22.5 Å². The van der Waals surface area contributed by atoms with Crippen LogP contribution in [-0.2, 0) is 21.3 Å². The summed E-state index contributed by atoms with van der Waals surface area (Å²) in [6.45, 7) is 2.55. The summed E-state index contributed by atoms with van der Waals surface area (Å²) < 4.78 is 57.5. The van der Waals surface area contributed by atoms with E-state index in [1.807, 2.05) is 37.3 Å². The monoisotopic (exact) mass is 455 g/mol. The minimum atomic E-state index is -5.84. The lowest BCUT2D eigenvalue weighted by molar-refractivity contribution is -0.123. The SMILES string of the molecule is C[C@@H](Cc1ccccc1)NC(=O)C(N)CCCCN=C(N)N.O=S(=O)(O)C(F)(F)F. The van der Waals surface area contributed by atoms with E-state index in [2.05, 4.69) is 10.3 Å². The number of hydrogen-bond donors (Lipinski definition) is 5. The topological polar surface area (TPSA) is 174 Å². The molecule has 0 spiro atoms. The van der Waals surface area contributed by atoms with Gasteiger partial charge in [-0.25, -0.2) is 0 Å². The lowest BCUT2D eigenvalue weighted by Gasteiger charge is -2.17. The second-order valence-electron chi connectivity index (χ2n) is 6.43. The third kappa shape index (κ3) is 13.0. The molecule has 0 aromatic heterocycles. The Kier molecular flexibility index (Phi) is 12.0. The van der Waals surface area contributed by atoms with Crippen molar-refractivity contribution in [3.63, 3.8) is 0 Å². The fourth-order valence-electron chi connectivity index (χ4n) is 2.18. The third-order valence-electron chi connectivity index (χ3n) is 3.62. The number of unbranched alkanes of at least 4 members (excludes halogenated alkanes) is 1. The molecule has 0 bridgehead atoms. The number of nitrogens with two attached hydrogens (primary N) is 3. The molecule has 13 heteroatoms. The van der Waals surface area contributed by atoms with Crippen molar-refractivity contribution in [3.8, 4) is 0 Å². The largest absolute Gasteiger partial charge is 0.522 e. The first-order valence-electron chi connectivity index (χ1n) is 8.93. The molecule has 1 unspecified atom stereocenters. The van der Waals surface area contributed by atoms with Crippen molar-refractivity contribution in [3.05, 3.63) is 35.9 Å². The highest BCUT2D eigenvalue weighted by atomic mass is 32.2. The molecule has 0 saturated carbocycles. The lowest BCUT2D eigenvalue weighted by Crippen LogP contribution is -2.45. The number of aliphatic imine (C=N–C) groups is 1. The molecule has 0 heterocycles. The Balaban J connectivity index is 0.000000890. The molecule has 0 fully saturated rings. The van der Waals surface area contributed by atoms with E-state index >= 15 is 0 Å². The zero-order valence-corrected chi connectivity index (χ0v) is 17.3. The normalized spacial score (nSPS) is 13.4. The first-order valence-corrected chi connectivity index (χ1v) is 10.4. The van der Waals surface area contributed by atoms with Crippen molar-refractivity contribution in [1.29, 1.82) is 0 Å². The zero-order chi connectivity index (χ0) is 23.4. The first-order chi connectivity index (χ1) is 13.7. The van der Waals surface area contributed by atoms with E-state index in [4.69, 9.17) is 30.2 Å². The maximum absolute atomic E-state index is 12.0. The Hall–Kier alpha value is -2.38. The van der Waals surface area contributed by atoms with Crippen LogP contribution in [0.5, 0.6) is 0 Å². The first kappa shape index (κ1) is 27.6. The number of alkyl halides is 3. The van der Waals surface area contributed by atoms with Crippen LogP contribution in [0.4, 0.5) is 13.2 Å². The van der Waals surface area contributed by atoms with Crippen LogP contribution in [0.25, 0.3) is 0 Å². The van der Waals surface area contributed by atoms with Crippen molar-refractivity contribution < 1.29 is 30.9 Å². The van der Waals surface area contributed by atoms with Gasteiger partial charge < -0.3 is 22.5 Å². The molecule has 1 amide bonds. The summed E-state index contributed by atoms with van der Waals surface area (Å²) in [4.78, 5) is 15.9. The number of rotatable bonds is 9. The Morgan fingerprint density at radius 2 is 1.73 bits per heavy atom. The van der Waals surface area contributed by atoms with Gasteiger partial charge in [0.2, 0.25) is 5.91 Å². The average molecular weight is 456 g/mol. The lowest BCUT2D eigenvalue weighted by atomic mass is 10.1. The Morgan fingerprint density at radius 1 is 1.20 bits per heavy atom. The van der Waals surface area contributed by atoms with E-state index in [9.17, 15) is 18.0 Å². The smallest absolute Gasteiger partial charge is 0.370 e. The van der Waals surface area contributed by atoms with Crippen LogP contribution in [0, 0.1) is 0 Å². The van der Waals surface area contributed by atoms with Crippen molar-refractivity contribution in [1.82, 2.24) is 5.32 Å². The number of benzene rings is 1. The summed E-state index contributed by atoms with van der Waals surface area (Å²) in [5, 5.41) is 2.96. The molecule has 9 nitrogen and oxygen atoms in total. The molecule has 0 aliphatic heterocycles. The van der Waals surface area contributed by atoms with Gasteiger partial charge in [0.25, 0.3) is 0 Å². The molecule has 0 radical (unpaired) electrons. The molecular weight excluding hydrogens is 427 g/mol. The maximum atomic E-state index is 12.0. The number of guanidine groups is 1. The average Bonchev–Trinajstić information content (AvgIpc) is 2.60. The van der Waals surface area contributed by atoms with Gasteiger partial charge >= 0.3 is 15.6 Å². The fourth-order valence-corrected chi connectivity index (χ4v) is 2.18. The number of carbonyl (C=O) groups excluding carboxylic acids is 1. The Morgan fingerprint density at radius 3 is 2.20 bits per heavy atom. The molecular formula is C17H28F3N5O4S. The van der Waals surface area contributed by atoms with Crippen LogP contribution in [0.2, 0.25) is 0 Å². The van der Waals surface area contributed by atoms with Gasteiger partial charge in [-0.1, -0.05) is 30.3 Å². The van der Waals surface area contributed by atoms with Gasteiger partial charge in [0.15, 0.2) is 5.96 Å². The predicted molar refractivity (Wildman–Crippen MR) is 108 cm³/mol. The van der Waals surface area contributed by atoms with Gasteiger partial charge in [0.05, 0.1) is 6.04 Å². The van der Waals surface area contributed by atoms with Crippen LogP contribution >= 0.6 is 0 Å². The number of nitrogens with one attached hydrogen (secondary N) is 1. The Bertz CT molecular complexity index is 769.